The number of aliphatic imine (C=N–C) groups is 1. The van der Waals surface area contributed by atoms with Crippen molar-refractivity contribution < 1.29 is 4.79 Å². The lowest BCUT2D eigenvalue weighted by atomic mass is 9.79. The number of amides is 1. The van der Waals surface area contributed by atoms with Crippen molar-refractivity contribution in [3.8, 4) is 0 Å². The molecule has 7 heteroatoms. The van der Waals surface area contributed by atoms with E-state index in [1.165, 1.54) is 5.01 Å². The molecule has 0 aromatic carbocycles. The molecule has 0 bridgehead atoms. The van der Waals surface area contributed by atoms with Crippen LogP contribution in [0.2, 0.25) is 0 Å². The third-order valence-electron chi connectivity index (χ3n) is 5.18. The van der Waals surface area contributed by atoms with Crippen LogP contribution in [-0.2, 0) is 11.2 Å². The largest absolute Gasteiger partial charge is 0.357 e. The van der Waals surface area contributed by atoms with Crippen molar-refractivity contribution in [2.75, 3.05) is 32.7 Å². The van der Waals surface area contributed by atoms with Crippen molar-refractivity contribution >= 4 is 23.2 Å². The molecule has 26 heavy (non-hydrogen) atoms. The van der Waals surface area contributed by atoms with Crippen LogP contribution >= 0.6 is 11.3 Å². The highest BCUT2D eigenvalue weighted by Crippen LogP contribution is 2.36. The number of carbonyl (C=O) groups is 1. The summed E-state index contributed by atoms with van der Waals surface area (Å²) in [4.78, 5) is 23.6. The van der Waals surface area contributed by atoms with E-state index in [9.17, 15) is 4.79 Å². The SMILES string of the molecule is CCNC(=NCCc1csc(C(C)C)n1)N1CCCC2(CNC(=O)C2)C1. The third kappa shape index (κ3) is 4.55. The number of guanidine groups is 1. The predicted molar refractivity (Wildman–Crippen MR) is 107 cm³/mol. The number of carbonyl (C=O) groups excluding carboxylic acids is 1. The van der Waals surface area contributed by atoms with Crippen LogP contribution in [0, 0.1) is 5.41 Å². The van der Waals surface area contributed by atoms with Gasteiger partial charge in [-0.05, 0) is 19.8 Å². The Hall–Kier alpha value is -1.63. The number of likely N-dealkylation sites (tertiary alicyclic amines) is 1. The molecule has 2 fully saturated rings. The van der Waals surface area contributed by atoms with Crippen molar-refractivity contribution in [1.82, 2.24) is 20.5 Å². The van der Waals surface area contributed by atoms with Gasteiger partial charge in [0.15, 0.2) is 5.96 Å². The van der Waals surface area contributed by atoms with Crippen LogP contribution in [0.15, 0.2) is 10.4 Å². The van der Waals surface area contributed by atoms with Gasteiger partial charge in [0.2, 0.25) is 5.91 Å². The first-order chi connectivity index (χ1) is 12.5. The Morgan fingerprint density at radius 3 is 3.04 bits per heavy atom. The molecule has 2 aliphatic heterocycles. The molecule has 1 atom stereocenters. The van der Waals surface area contributed by atoms with Crippen molar-refractivity contribution in [1.29, 1.82) is 0 Å². The lowest BCUT2D eigenvalue weighted by Gasteiger charge is -2.40. The molecule has 0 saturated carbocycles. The Balaban J connectivity index is 1.61. The Morgan fingerprint density at radius 2 is 2.38 bits per heavy atom. The second-order valence-electron chi connectivity index (χ2n) is 7.80. The van der Waals surface area contributed by atoms with E-state index >= 15 is 0 Å². The molecule has 3 heterocycles. The molecule has 144 valence electrons. The quantitative estimate of drug-likeness (QED) is 0.611. The van der Waals surface area contributed by atoms with Crippen LogP contribution in [0.3, 0.4) is 0 Å². The number of piperidine rings is 1. The van der Waals surface area contributed by atoms with Crippen LogP contribution < -0.4 is 10.6 Å². The minimum atomic E-state index is 0.0899. The van der Waals surface area contributed by atoms with Crippen molar-refractivity contribution in [2.45, 2.75) is 52.4 Å². The summed E-state index contributed by atoms with van der Waals surface area (Å²) < 4.78 is 0. The fraction of sp³-hybridized carbons (Fsp3) is 0.737. The summed E-state index contributed by atoms with van der Waals surface area (Å²) in [5.74, 6) is 1.66. The molecule has 0 radical (unpaired) electrons. The standard InChI is InChI=1S/C19H31N5OS/c1-4-20-18(21-8-6-15-11-26-17(23-15)14(2)3)24-9-5-7-19(13-24)10-16(25)22-12-19/h11,14H,4-10,12-13H2,1-3H3,(H,20,21)(H,22,25). The number of nitrogens with zero attached hydrogens (tertiary/aromatic N) is 3. The van der Waals surface area contributed by atoms with E-state index < -0.39 is 0 Å². The van der Waals surface area contributed by atoms with E-state index in [0.717, 1.165) is 63.6 Å². The van der Waals surface area contributed by atoms with Gasteiger partial charge < -0.3 is 15.5 Å². The molecule has 1 aromatic rings. The van der Waals surface area contributed by atoms with Gasteiger partial charge in [-0.3, -0.25) is 9.79 Å². The summed E-state index contributed by atoms with van der Waals surface area (Å²) >= 11 is 1.74. The molecule has 6 nitrogen and oxygen atoms in total. The minimum absolute atomic E-state index is 0.0899. The van der Waals surface area contributed by atoms with Gasteiger partial charge in [0.05, 0.1) is 10.7 Å². The molecular formula is C19H31N5OS. The lowest BCUT2D eigenvalue weighted by molar-refractivity contribution is -0.119. The summed E-state index contributed by atoms with van der Waals surface area (Å²) in [7, 11) is 0. The monoisotopic (exact) mass is 377 g/mol. The summed E-state index contributed by atoms with van der Waals surface area (Å²) in [5.41, 5.74) is 1.23. The van der Waals surface area contributed by atoms with Gasteiger partial charge in [0.25, 0.3) is 0 Å². The smallest absolute Gasteiger partial charge is 0.220 e. The fourth-order valence-electron chi connectivity index (χ4n) is 3.83. The summed E-state index contributed by atoms with van der Waals surface area (Å²) in [6.45, 7) is 10.8. The van der Waals surface area contributed by atoms with E-state index in [2.05, 4.69) is 41.7 Å². The van der Waals surface area contributed by atoms with E-state index in [1.54, 1.807) is 11.3 Å². The van der Waals surface area contributed by atoms with Crippen molar-refractivity contribution in [3.63, 3.8) is 0 Å². The predicted octanol–water partition coefficient (Wildman–Crippen LogP) is 2.38. The molecule has 1 aromatic heterocycles. The summed E-state index contributed by atoms with van der Waals surface area (Å²) in [5, 5.41) is 9.80. The van der Waals surface area contributed by atoms with E-state index in [-0.39, 0.29) is 11.3 Å². The van der Waals surface area contributed by atoms with Crippen LogP contribution in [0.4, 0.5) is 0 Å². The number of nitrogens with one attached hydrogen (secondary N) is 2. The molecule has 2 aliphatic rings. The number of thiazole rings is 1. The normalized spacial score (nSPS) is 23.8. The maximum atomic E-state index is 11.7. The molecule has 0 aliphatic carbocycles. The van der Waals surface area contributed by atoms with Gasteiger partial charge in [0.1, 0.15) is 0 Å². The molecule has 1 amide bonds. The Kier molecular flexibility index (Phi) is 6.16. The molecule has 3 rings (SSSR count). The number of rotatable bonds is 5. The zero-order valence-electron chi connectivity index (χ0n) is 16.2. The average Bonchev–Trinajstić information content (AvgIpc) is 3.22. The van der Waals surface area contributed by atoms with E-state index in [0.29, 0.717) is 12.3 Å². The molecule has 2 N–H and O–H groups in total. The van der Waals surface area contributed by atoms with Crippen LogP contribution in [0.25, 0.3) is 0 Å². The summed E-state index contributed by atoms with van der Waals surface area (Å²) in [6, 6.07) is 0. The lowest BCUT2D eigenvalue weighted by Crippen LogP contribution is -2.51. The van der Waals surface area contributed by atoms with Gasteiger partial charge >= 0.3 is 0 Å². The zero-order valence-corrected chi connectivity index (χ0v) is 17.0. The Bertz CT molecular complexity index is 656. The van der Waals surface area contributed by atoms with Gasteiger partial charge in [-0.25, -0.2) is 4.98 Å². The first-order valence-electron chi connectivity index (χ1n) is 9.75. The maximum Gasteiger partial charge on any atom is 0.220 e. The van der Waals surface area contributed by atoms with Gasteiger partial charge in [-0.15, -0.1) is 11.3 Å². The fourth-order valence-corrected chi connectivity index (χ4v) is 4.70. The second-order valence-corrected chi connectivity index (χ2v) is 8.69. The highest BCUT2D eigenvalue weighted by molar-refractivity contribution is 7.09. The van der Waals surface area contributed by atoms with Gasteiger partial charge in [-0.2, -0.15) is 0 Å². The Labute approximate surface area is 160 Å². The van der Waals surface area contributed by atoms with Crippen LogP contribution in [0.1, 0.15) is 56.7 Å². The summed E-state index contributed by atoms with van der Waals surface area (Å²) in [6.07, 6.45) is 3.76. The Morgan fingerprint density at radius 1 is 1.54 bits per heavy atom. The van der Waals surface area contributed by atoms with E-state index in [1.807, 2.05) is 0 Å². The highest BCUT2D eigenvalue weighted by Gasteiger charge is 2.42. The second kappa shape index (κ2) is 8.37. The highest BCUT2D eigenvalue weighted by atomic mass is 32.1. The van der Waals surface area contributed by atoms with Crippen molar-refractivity contribution in [3.05, 3.63) is 16.1 Å². The number of aromatic nitrogens is 1. The first-order valence-corrected chi connectivity index (χ1v) is 10.6. The molecule has 1 spiro atoms. The van der Waals surface area contributed by atoms with E-state index in [4.69, 9.17) is 9.98 Å². The topological polar surface area (TPSA) is 69.6 Å². The number of hydrogen-bond donors (Lipinski definition) is 2. The first kappa shape index (κ1) is 19.1. The third-order valence-corrected chi connectivity index (χ3v) is 6.38. The minimum Gasteiger partial charge on any atom is -0.357 e. The average molecular weight is 378 g/mol. The molecule has 2 saturated heterocycles. The molecule has 1 unspecified atom stereocenters. The van der Waals surface area contributed by atoms with Crippen LogP contribution in [0.5, 0.6) is 0 Å². The van der Waals surface area contributed by atoms with Crippen LogP contribution in [-0.4, -0.2) is 54.5 Å². The maximum absolute atomic E-state index is 11.7. The zero-order chi connectivity index (χ0) is 18.6. The van der Waals surface area contributed by atoms with Crippen molar-refractivity contribution in [2.24, 2.45) is 10.4 Å². The van der Waals surface area contributed by atoms with Gasteiger partial charge in [0, 0.05) is 62.3 Å². The molecular weight excluding hydrogens is 346 g/mol. The van der Waals surface area contributed by atoms with Gasteiger partial charge in [-0.1, -0.05) is 13.8 Å². The number of hydrogen-bond acceptors (Lipinski definition) is 4.